The molecule has 0 radical (unpaired) electrons. The van der Waals surface area contributed by atoms with E-state index in [1.54, 1.807) is 0 Å². The molecule has 8 fully saturated rings. The zero-order valence-electron chi connectivity index (χ0n) is 89.4. The predicted molar refractivity (Wildman–Crippen MR) is 550 cm³/mol. The van der Waals surface area contributed by atoms with E-state index in [1.807, 2.05) is 87.5 Å². The number of benzene rings is 5. The molecule has 16 unspecified atom stereocenters. The Morgan fingerprint density at radius 3 is 1.31 bits per heavy atom. The Morgan fingerprint density at radius 2 is 0.803 bits per heavy atom. The number of aryl methyl sites for hydroxylation is 1. The zero-order chi connectivity index (χ0) is 102. The first-order chi connectivity index (χ1) is 65.1. The van der Waals surface area contributed by atoms with Gasteiger partial charge >= 0.3 is 53.7 Å². The number of carbonyl (C=O) groups excluding carboxylic acids is 9. The van der Waals surface area contributed by atoms with Crippen molar-refractivity contribution in [1.82, 2.24) is 0 Å². The van der Waals surface area contributed by atoms with E-state index in [4.69, 9.17) is 42.6 Å². The molecule has 0 bridgehead atoms. The fourth-order valence-electron chi connectivity index (χ4n) is 18.9. The molecule has 18 nitrogen and oxygen atoms in total. The highest BCUT2D eigenvalue weighted by Gasteiger charge is 2.43. The molecule has 8 aliphatic rings. The fraction of sp³-hybridized carbons (Fsp3) is 0.672. The van der Waals surface area contributed by atoms with E-state index in [9.17, 15) is 43.2 Å². The van der Waals surface area contributed by atoms with Crippen molar-refractivity contribution in [1.29, 1.82) is 0 Å². The van der Waals surface area contributed by atoms with Crippen molar-refractivity contribution >= 4 is 53.7 Å². The number of ether oxygens (including phenoxy) is 9. The Morgan fingerprint density at radius 1 is 0.358 bits per heavy atom. The first-order valence-corrected chi connectivity index (χ1v) is 53.1. The van der Waals surface area contributed by atoms with Crippen molar-refractivity contribution in [3.8, 4) is 11.1 Å². The van der Waals surface area contributed by atoms with Crippen molar-refractivity contribution in [3.05, 3.63) is 167 Å². The fourth-order valence-corrected chi connectivity index (χ4v) is 18.9. The summed E-state index contributed by atoms with van der Waals surface area (Å²) in [6.07, 6.45) is 25.3. The summed E-state index contributed by atoms with van der Waals surface area (Å²) in [6.45, 7) is 57.2. The van der Waals surface area contributed by atoms with Gasteiger partial charge in [0, 0.05) is 24.2 Å². The quantitative estimate of drug-likeness (QED) is 0.0228. The van der Waals surface area contributed by atoms with Crippen LogP contribution in [-0.4, -0.2) is 99.0 Å². The average Bonchev–Trinajstić information content (AvgIpc) is 1.64. The van der Waals surface area contributed by atoms with Gasteiger partial charge in [-0.15, -0.1) is 0 Å². The predicted octanol–water partition coefficient (Wildman–Crippen LogP) is 28.8. The molecule has 16 atom stereocenters. The van der Waals surface area contributed by atoms with E-state index in [0.717, 1.165) is 101 Å². The van der Waals surface area contributed by atoms with E-state index in [-0.39, 0.29) is 137 Å². The van der Waals surface area contributed by atoms with Crippen LogP contribution in [0.3, 0.4) is 0 Å². The molecule has 0 spiro atoms. The maximum absolute atomic E-state index is 11.9. The SMILES string of the molecule is CC(C)C1C(=O)OCC1c1cccc(-c2ccccc2)c1.CC(C)C1CC(c2ccccc2)COC1=O.CC(C)C1CCC(c2ccccc2)OC1=O.CCC(C)(C)C(=O)OCCC(C)C.CCCC1CCC(C(C)C)C(=O)O1.CCCCC1COC(=O)C(C(C)C)C1.CCCCCC1CC(C(C)C)C(=O)O1.CCCCCC1COC(=O)C1C(C)C.Cc1ccc(C2CC(C(C)C)C(=O)O2)cc1. The molecule has 0 amide bonds. The summed E-state index contributed by atoms with van der Waals surface area (Å²) in [6, 6.07) is 47.3. The molecule has 0 aliphatic carbocycles. The highest BCUT2D eigenvalue weighted by molar-refractivity contribution is 5.79. The minimum absolute atomic E-state index is 0.0211. The number of rotatable bonds is 31. The molecule has 5 aromatic rings. The standard InChI is InChI=1S/C19H20O2.3C14H18O2.3C12H22O2.C11H20O2.C11H22O2/c1-13(2)18-17(12-21-19(18)20)16-10-6-9-15(11-16)14-7-4-3-5-8-14;1-9(2)12-8-13(16-14(12)15)11-6-4-10(3)5-7-11;1-10(2)13-8-12(9-16-14(13)15)11-6-4-3-5-7-11;1-10(2)12-8-9-13(16-14(12)15)11-6-4-3-5-7-11;1-4-5-6-10-7-11(9(2)3)12(13)14-8-10;1-4-5-6-7-10-8-14-12(13)11(10)9(2)3;1-4-5-6-7-10-8-11(9(2)3)12(13)14-10;1-4-5-9-6-7-10(8(2)3)11(12)13-9;1-6-11(4,5)10(12)13-8-7-9(2)3/h3-11,13,17-18H,12H2,1-2H3;4-7,9,12-13H,8H2,1-3H3;2*3-7,10,12-13H,8-9H2,1-2H3;3*9-11H,4-8H2,1-3H3;8-10H,4-7H2,1-3H3;9H,6-8H2,1-5H3. The van der Waals surface area contributed by atoms with Gasteiger partial charge in [0.05, 0.1) is 85.8 Å². The van der Waals surface area contributed by atoms with Crippen molar-refractivity contribution in [2.24, 2.45) is 118 Å². The molecule has 18 heteroatoms. The van der Waals surface area contributed by atoms with E-state index in [0.29, 0.717) is 104 Å². The summed E-state index contributed by atoms with van der Waals surface area (Å²) < 4.78 is 47.7. The number of carbonyl (C=O) groups is 9. The monoisotopic (exact) mass is 1900 g/mol. The summed E-state index contributed by atoms with van der Waals surface area (Å²) in [5.74, 6) is 5.98. The van der Waals surface area contributed by atoms with Gasteiger partial charge in [-0.05, 0) is 203 Å². The van der Waals surface area contributed by atoms with Gasteiger partial charge in [-0.1, -0.05) is 356 Å². The molecule has 137 heavy (non-hydrogen) atoms. The molecular weight excluding hydrogens is 1720 g/mol. The number of esters is 9. The lowest BCUT2D eigenvalue weighted by Gasteiger charge is -2.30. The van der Waals surface area contributed by atoms with E-state index >= 15 is 0 Å². The topological polar surface area (TPSA) is 237 Å². The molecule has 766 valence electrons. The van der Waals surface area contributed by atoms with Crippen LogP contribution in [0.1, 0.15) is 373 Å². The summed E-state index contributed by atoms with van der Waals surface area (Å²) in [7, 11) is 0. The lowest BCUT2D eigenvalue weighted by atomic mass is 9.81. The van der Waals surface area contributed by atoms with E-state index in [1.165, 1.54) is 85.6 Å². The van der Waals surface area contributed by atoms with Crippen LogP contribution in [0.5, 0.6) is 0 Å². The van der Waals surface area contributed by atoms with Crippen LogP contribution in [0.15, 0.2) is 140 Å². The normalized spacial score (nSPS) is 24.4. The van der Waals surface area contributed by atoms with Gasteiger partial charge in [0.25, 0.3) is 0 Å². The van der Waals surface area contributed by atoms with Gasteiger partial charge < -0.3 is 42.6 Å². The molecular formula is C119H182O18. The molecule has 8 saturated heterocycles. The third-order valence-electron chi connectivity index (χ3n) is 28.6. The van der Waals surface area contributed by atoms with Crippen molar-refractivity contribution in [3.63, 3.8) is 0 Å². The van der Waals surface area contributed by atoms with Crippen molar-refractivity contribution in [2.45, 2.75) is 364 Å². The van der Waals surface area contributed by atoms with E-state index in [2.05, 4.69) is 232 Å². The highest BCUT2D eigenvalue weighted by atomic mass is 16.6. The van der Waals surface area contributed by atoms with Crippen LogP contribution < -0.4 is 0 Å². The Labute approximate surface area is 828 Å². The Bertz CT molecular complexity index is 4270. The molecule has 0 aromatic heterocycles. The summed E-state index contributed by atoms with van der Waals surface area (Å²) >= 11 is 0. The van der Waals surface area contributed by atoms with E-state index < -0.39 is 0 Å². The third-order valence-corrected chi connectivity index (χ3v) is 28.6. The van der Waals surface area contributed by atoms with Gasteiger partial charge in [-0.3, -0.25) is 43.2 Å². The second-order valence-electron chi connectivity index (χ2n) is 43.4. The summed E-state index contributed by atoms with van der Waals surface area (Å²) in [4.78, 5) is 104. The Kier molecular flexibility index (Phi) is 54.2. The van der Waals surface area contributed by atoms with Crippen LogP contribution >= 0.6 is 0 Å². The van der Waals surface area contributed by atoms with Gasteiger partial charge in [-0.2, -0.15) is 0 Å². The van der Waals surface area contributed by atoms with Crippen molar-refractivity contribution in [2.75, 3.05) is 33.0 Å². The van der Waals surface area contributed by atoms with Crippen LogP contribution in [0, 0.1) is 125 Å². The number of cyclic esters (lactones) is 8. The van der Waals surface area contributed by atoms with Gasteiger partial charge in [0.2, 0.25) is 0 Å². The van der Waals surface area contributed by atoms with Crippen molar-refractivity contribution < 1.29 is 85.8 Å². The lowest BCUT2D eigenvalue weighted by Crippen LogP contribution is -2.33. The Balaban J connectivity index is 0.000000273. The smallest absolute Gasteiger partial charge is 0.311 e. The number of hydrogen-bond donors (Lipinski definition) is 0. The van der Waals surface area contributed by atoms with Crippen LogP contribution in [0.2, 0.25) is 0 Å². The molecule has 8 heterocycles. The lowest BCUT2D eigenvalue weighted by molar-refractivity contribution is -0.163. The average molecular weight is 1900 g/mol. The second-order valence-corrected chi connectivity index (χ2v) is 43.4. The van der Waals surface area contributed by atoms with Gasteiger partial charge in [0.1, 0.15) is 24.4 Å². The van der Waals surface area contributed by atoms with Gasteiger partial charge in [0.15, 0.2) is 0 Å². The van der Waals surface area contributed by atoms with Crippen LogP contribution in [0.4, 0.5) is 0 Å². The molecule has 0 saturated carbocycles. The molecule has 5 aromatic carbocycles. The maximum Gasteiger partial charge on any atom is 0.311 e. The minimum Gasteiger partial charge on any atom is -0.465 e. The first-order valence-electron chi connectivity index (χ1n) is 53.1. The van der Waals surface area contributed by atoms with Crippen LogP contribution in [0.25, 0.3) is 11.1 Å². The maximum atomic E-state index is 11.9. The largest absolute Gasteiger partial charge is 0.465 e. The zero-order valence-corrected chi connectivity index (χ0v) is 89.4. The molecule has 13 rings (SSSR count). The minimum atomic E-state index is -0.322. The third kappa shape index (κ3) is 40.8. The first kappa shape index (κ1) is 119. The summed E-state index contributed by atoms with van der Waals surface area (Å²) in [5, 5.41) is 0. The van der Waals surface area contributed by atoms with Gasteiger partial charge in [-0.25, -0.2) is 0 Å². The highest BCUT2D eigenvalue weighted by Crippen LogP contribution is 2.42. The molecule has 0 N–H and O–H groups in total. The summed E-state index contributed by atoms with van der Waals surface area (Å²) in [5.41, 5.74) is 7.99. The number of unbranched alkanes of at least 4 members (excludes halogenated alkanes) is 5. The number of hydrogen-bond acceptors (Lipinski definition) is 18. The second kappa shape index (κ2) is 62.5. The Hall–Kier alpha value is -8.67. The van der Waals surface area contributed by atoms with Crippen LogP contribution in [-0.2, 0) is 85.8 Å². The molecule has 8 aliphatic heterocycles.